The Morgan fingerprint density at radius 2 is 1.61 bits per heavy atom. The van der Waals surface area contributed by atoms with Crippen molar-refractivity contribution < 1.29 is 18.8 Å². The standard InChI is InChI=1S/C24H25N3O4/c1-15-10-11-18(13-19(15)25-23(29)20-9-6-12-31-20)24(30)27(4)14-21(28)26-22-16(2)7-5-8-17(22)3/h5-13H,14H2,1-4H3,(H,25,29)(H,26,28). The summed E-state index contributed by atoms with van der Waals surface area (Å²) < 4.78 is 5.10. The molecule has 7 nitrogen and oxygen atoms in total. The minimum Gasteiger partial charge on any atom is -0.459 e. The zero-order chi connectivity index (χ0) is 22.5. The summed E-state index contributed by atoms with van der Waals surface area (Å²) in [5.74, 6) is -0.840. The number of benzene rings is 2. The molecule has 31 heavy (non-hydrogen) atoms. The second-order valence-corrected chi connectivity index (χ2v) is 7.44. The van der Waals surface area contributed by atoms with Crippen LogP contribution in [0.15, 0.2) is 59.2 Å². The van der Waals surface area contributed by atoms with Gasteiger partial charge in [-0.2, -0.15) is 0 Å². The number of hydrogen-bond donors (Lipinski definition) is 2. The highest BCUT2D eigenvalue weighted by Gasteiger charge is 2.18. The molecule has 0 saturated heterocycles. The summed E-state index contributed by atoms with van der Waals surface area (Å²) in [7, 11) is 1.56. The zero-order valence-electron chi connectivity index (χ0n) is 18.0. The molecular weight excluding hydrogens is 394 g/mol. The van der Waals surface area contributed by atoms with Crippen LogP contribution in [0.5, 0.6) is 0 Å². The van der Waals surface area contributed by atoms with E-state index in [1.165, 1.54) is 11.2 Å². The van der Waals surface area contributed by atoms with Gasteiger partial charge in [-0.3, -0.25) is 14.4 Å². The average Bonchev–Trinajstić information content (AvgIpc) is 3.27. The maximum atomic E-state index is 12.9. The van der Waals surface area contributed by atoms with Gasteiger partial charge in [0, 0.05) is 24.0 Å². The second-order valence-electron chi connectivity index (χ2n) is 7.44. The molecule has 2 N–H and O–H groups in total. The fraction of sp³-hybridized carbons (Fsp3) is 0.208. The maximum Gasteiger partial charge on any atom is 0.291 e. The van der Waals surface area contributed by atoms with Crippen LogP contribution in [0.4, 0.5) is 11.4 Å². The molecule has 0 aliphatic rings. The molecule has 1 heterocycles. The van der Waals surface area contributed by atoms with E-state index in [0.717, 1.165) is 22.4 Å². The van der Waals surface area contributed by atoms with E-state index in [-0.39, 0.29) is 24.1 Å². The van der Waals surface area contributed by atoms with Crippen molar-refractivity contribution >= 4 is 29.1 Å². The van der Waals surface area contributed by atoms with Crippen LogP contribution < -0.4 is 10.6 Å². The Balaban J connectivity index is 1.69. The molecule has 0 spiro atoms. The number of furan rings is 1. The first-order valence-corrected chi connectivity index (χ1v) is 9.83. The molecule has 7 heteroatoms. The lowest BCUT2D eigenvalue weighted by atomic mass is 10.1. The molecule has 0 fully saturated rings. The van der Waals surface area contributed by atoms with E-state index in [0.29, 0.717) is 11.3 Å². The van der Waals surface area contributed by atoms with E-state index in [1.54, 1.807) is 37.4 Å². The fourth-order valence-electron chi connectivity index (χ4n) is 3.18. The topological polar surface area (TPSA) is 91.7 Å². The second kappa shape index (κ2) is 9.30. The van der Waals surface area contributed by atoms with E-state index < -0.39 is 5.91 Å². The van der Waals surface area contributed by atoms with Crippen LogP contribution in [0.1, 0.15) is 37.6 Å². The van der Waals surface area contributed by atoms with Crippen molar-refractivity contribution in [2.75, 3.05) is 24.2 Å². The van der Waals surface area contributed by atoms with Crippen molar-refractivity contribution in [2.24, 2.45) is 0 Å². The third-order valence-corrected chi connectivity index (χ3v) is 4.95. The van der Waals surface area contributed by atoms with Crippen molar-refractivity contribution in [1.82, 2.24) is 4.90 Å². The molecule has 0 bridgehead atoms. The first-order valence-electron chi connectivity index (χ1n) is 9.83. The largest absolute Gasteiger partial charge is 0.459 e. The average molecular weight is 419 g/mol. The molecule has 160 valence electrons. The lowest BCUT2D eigenvalue weighted by molar-refractivity contribution is -0.116. The molecule has 2 aromatic carbocycles. The fourth-order valence-corrected chi connectivity index (χ4v) is 3.18. The number of rotatable bonds is 6. The molecule has 3 aromatic rings. The Bertz CT molecular complexity index is 1100. The van der Waals surface area contributed by atoms with Gasteiger partial charge in [0.15, 0.2) is 5.76 Å². The molecule has 0 atom stereocenters. The summed E-state index contributed by atoms with van der Waals surface area (Å²) in [5.41, 5.74) is 4.33. The minimum atomic E-state index is -0.404. The normalized spacial score (nSPS) is 10.5. The summed E-state index contributed by atoms with van der Waals surface area (Å²) >= 11 is 0. The minimum absolute atomic E-state index is 0.103. The van der Waals surface area contributed by atoms with Crippen molar-refractivity contribution in [1.29, 1.82) is 0 Å². The van der Waals surface area contributed by atoms with Gasteiger partial charge in [-0.1, -0.05) is 24.3 Å². The van der Waals surface area contributed by atoms with Crippen molar-refractivity contribution in [3.8, 4) is 0 Å². The Labute approximate surface area is 181 Å². The van der Waals surface area contributed by atoms with Crippen LogP contribution in [0.3, 0.4) is 0 Å². The lowest BCUT2D eigenvalue weighted by Crippen LogP contribution is -2.35. The Morgan fingerprint density at radius 3 is 2.26 bits per heavy atom. The third kappa shape index (κ3) is 5.19. The summed E-state index contributed by atoms with van der Waals surface area (Å²) in [6.07, 6.45) is 1.42. The summed E-state index contributed by atoms with van der Waals surface area (Å²) in [6, 6.07) is 14.0. The lowest BCUT2D eigenvalue weighted by Gasteiger charge is -2.19. The van der Waals surface area contributed by atoms with Gasteiger partial charge in [0.1, 0.15) is 0 Å². The van der Waals surface area contributed by atoms with Crippen LogP contribution >= 0.6 is 0 Å². The van der Waals surface area contributed by atoms with Crippen LogP contribution in [0.25, 0.3) is 0 Å². The number of nitrogens with zero attached hydrogens (tertiary/aromatic N) is 1. The number of anilines is 2. The van der Waals surface area contributed by atoms with Crippen LogP contribution in [0, 0.1) is 20.8 Å². The zero-order valence-corrected chi connectivity index (χ0v) is 18.0. The van der Waals surface area contributed by atoms with Crippen molar-refractivity contribution in [3.05, 3.63) is 82.8 Å². The summed E-state index contributed by atoms with van der Waals surface area (Å²) in [4.78, 5) is 39.0. The Hall–Kier alpha value is -3.87. The summed E-state index contributed by atoms with van der Waals surface area (Å²) in [5, 5.41) is 5.63. The monoisotopic (exact) mass is 419 g/mol. The van der Waals surface area contributed by atoms with E-state index in [2.05, 4.69) is 10.6 Å². The Morgan fingerprint density at radius 1 is 0.903 bits per heavy atom. The highest BCUT2D eigenvalue weighted by atomic mass is 16.3. The number of hydrogen-bond acceptors (Lipinski definition) is 4. The van der Waals surface area contributed by atoms with E-state index in [9.17, 15) is 14.4 Å². The maximum absolute atomic E-state index is 12.9. The first-order chi connectivity index (χ1) is 14.8. The van der Waals surface area contributed by atoms with Crippen LogP contribution in [0.2, 0.25) is 0 Å². The first kappa shape index (κ1) is 21.8. The smallest absolute Gasteiger partial charge is 0.291 e. The Kier molecular flexibility index (Phi) is 6.55. The SMILES string of the molecule is Cc1ccc(C(=O)N(C)CC(=O)Nc2c(C)cccc2C)cc1NC(=O)c1ccco1. The molecule has 3 amide bonds. The molecule has 0 radical (unpaired) electrons. The van der Waals surface area contributed by atoms with Crippen LogP contribution in [-0.4, -0.2) is 36.2 Å². The van der Waals surface area contributed by atoms with Gasteiger partial charge in [-0.25, -0.2) is 0 Å². The van der Waals surface area contributed by atoms with Gasteiger partial charge in [-0.05, 0) is 61.7 Å². The number of likely N-dealkylation sites (N-methyl/N-ethyl adjacent to an activating group) is 1. The van der Waals surface area contributed by atoms with Crippen molar-refractivity contribution in [3.63, 3.8) is 0 Å². The predicted molar refractivity (Wildman–Crippen MR) is 119 cm³/mol. The number of amides is 3. The van der Waals surface area contributed by atoms with Gasteiger partial charge in [0.25, 0.3) is 11.8 Å². The van der Waals surface area contributed by atoms with E-state index in [4.69, 9.17) is 4.42 Å². The third-order valence-electron chi connectivity index (χ3n) is 4.95. The predicted octanol–water partition coefficient (Wildman–Crippen LogP) is 4.17. The molecule has 0 aliphatic heterocycles. The number of carbonyl (C=O) groups excluding carboxylic acids is 3. The van der Waals surface area contributed by atoms with Gasteiger partial charge >= 0.3 is 0 Å². The van der Waals surface area contributed by atoms with Gasteiger partial charge < -0.3 is 20.0 Å². The van der Waals surface area contributed by atoms with E-state index >= 15 is 0 Å². The van der Waals surface area contributed by atoms with Gasteiger partial charge in [0.2, 0.25) is 5.91 Å². The number of para-hydroxylation sites is 1. The van der Waals surface area contributed by atoms with E-state index in [1.807, 2.05) is 39.0 Å². The number of nitrogens with one attached hydrogen (secondary N) is 2. The molecule has 0 aliphatic carbocycles. The molecular formula is C24H25N3O4. The number of aryl methyl sites for hydroxylation is 3. The van der Waals surface area contributed by atoms with Gasteiger partial charge in [0.05, 0.1) is 12.8 Å². The highest BCUT2D eigenvalue weighted by Crippen LogP contribution is 2.21. The van der Waals surface area contributed by atoms with Crippen molar-refractivity contribution in [2.45, 2.75) is 20.8 Å². The molecule has 0 saturated carbocycles. The number of carbonyl (C=O) groups is 3. The molecule has 3 rings (SSSR count). The molecule has 0 unspecified atom stereocenters. The van der Waals surface area contributed by atoms with Crippen LogP contribution in [-0.2, 0) is 4.79 Å². The van der Waals surface area contributed by atoms with Gasteiger partial charge in [-0.15, -0.1) is 0 Å². The summed E-state index contributed by atoms with van der Waals surface area (Å²) in [6.45, 7) is 5.56. The highest BCUT2D eigenvalue weighted by molar-refractivity contribution is 6.04. The quantitative estimate of drug-likeness (QED) is 0.627. The molecule has 1 aromatic heterocycles.